The normalized spacial score (nSPS) is 12.4. The number of hydrogen-bond donors (Lipinski definition) is 1. The number of nitrogens with zero attached hydrogens (tertiary/aromatic N) is 3. The first-order valence-electron chi connectivity index (χ1n) is 7.03. The number of hydrogen-bond acceptors (Lipinski definition) is 4. The van der Waals surface area contributed by atoms with E-state index in [1.165, 1.54) is 12.7 Å². The topological polar surface area (TPSA) is 82.1 Å². The van der Waals surface area contributed by atoms with Crippen molar-refractivity contribution in [1.29, 1.82) is 0 Å². The van der Waals surface area contributed by atoms with Crippen molar-refractivity contribution in [3.05, 3.63) is 18.3 Å². The SMILES string of the molecule is CCOB(OC(C)(C)CC)c1ccc(N=CN=CN)nc1. The van der Waals surface area contributed by atoms with Crippen LogP contribution in [0.1, 0.15) is 34.1 Å². The summed E-state index contributed by atoms with van der Waals surface area (Å²) in [6, 6.07) is 3.67. The summed E-state index contributed by atoms with van der Waals surface area (Å²) >= 11 is 0. The maximum Gasteiger partial charge on any atom is 0.495 e. The van der Waals surface area contributed by atoms with Gasteiger partial charge in [-0.2, -0.15) is 0 Å². The van der Waals surface area contributed by atoms with Crippen molar-refractivity contribution in [3.63, 3.8) is 0 Å². The molecule has 114 valence electrons. The van der Waals surface area contributed by atoms with E-state index in [0.29, 0.717) is 12.4 Å². The molecule has 0 aliphatic heterocycles. The molecule has 0 bridgehead atoms. The molecule has 0 aliphatic carbocycles. The van der Waals surface area contributed by atoms with Crippen LogP contribution in [0.5, 0.6) is 0 Å². The molecule has 1 rings (SSSR count). The molecule has 7 heteroatoms. The van der Waals surface area contributed by atoms with Crippen molar-refractivity contribution in [1.82, 2.24) is 4.98 Å². The summed E-state index contributed by atoms with van der Waals surface area (Å²) in [5.74, 6) is 0.550. The fourth-order valence-electron chi connectivity index (χ4n) is 1.47. The molecule has 0 amide bonds. The standard InChI is InChI=1S/C14H23BN4O2/c1-5-14(3,4)21-15(20-6-2)12-7-8-13(18-9-12)19-11-17-10-16/h7-11H,5-6H2,1-4H3,(H2,16,17,18,19). The van der Waals surface area contributed by atoms with Gasteiger partial charge in [0.15, 0.2) is 5.82 Å². The maximum atomic E-state index is 6.01. The van der Waals surface area contributed by atoms with Crippen molar-refractivity contribution in [2.24, 2.45) is 15.7 Å². The van der Waals surface area contributed by atoms with E-state index in [2.05, 4.69) is 21.9 Å². The minimum Gasteiger partial charge on any atom is -0.408 e. The van der Waals surface area contributed by atoms with Gasteiger partial charge in [0.05, 0.1) is 6.34 Å². The minimum absolute atomic E-state index is 0.257. The molecule has 0 aromatic carbocycles. The lowest BCUT2D eigenvalue weighted by Crippen LogP contribution is -2.43. The molecular formula is C14H23BN4O2. The highest BCUT2D eigenvalue weighted by molar-refractivity contribution is 6.61. The number of pyridine rings is 1. The quantitative estimate of drug-likeness (QED) is 0.448. The molecule has 6 nitrogen and oxygen atoms in total. The van der Waals surface area contributed by atoms with Crippen LogP contribution in [0.2, 0.25) is 0 Å². The molecule has 2 N–H and O–H groups in total. The summed E-state index contributed by atoms with van der Waals surface area (Å²) in [6.45, 7) is 8.66. The zero-order valence-corrected chi connectivity index (χ0v) is 13.1. The number of rotatable bonds is 8. The van der Waals surface area contributed by atoms with Crippen LogP contribution in [-0.2, 0) is 9.31 Å². The fraction of sp³-hybridized carbons (Fsp3) is 0.500. The number of aliphatic imine (C=N–C) groups is 2. The summed E-state index contributed by atoms with van der Waals surface area (Å²) in [5, 5.41) is 0. The minimum atomic E-state index is -0.433. The fourth-order valence-corrected chi connectivity index (χ4v) is 1.47. The van der Waals surface area contributed by atoms with Crippen molar-refractivity contribution in [2.45, 2.75) is 39.7 Å². The molecule has 0 saturated heterocycles. The highest BCUT2D eigenvalue weighted by Gasteiger charge is 2.29. The summed E-state index contributed by atoms with van der Waals surface area (Å²) in [4.78, 5) is 12.0. The Labute approximate surface area is 126 Å². The van der Waals surface area contributed by atoms with Crippen LogP contribution in [0.3, 0.4) is 0 Å². The zero-order chi connectivity index (χ0) is 15.7. The first-order valence-corrected chi connectivity index (χ1v) is 7.03. The first kappa shape index (κ1) is 17.3. The summed E-state index contributed by atoms with van der Waals surface area (Å²) in [6.07, 6.45) is 5.11. The van der Waals surface area contributed by atoms with E-state index in [1.54, 1.807) is 12.3 Å². The van der Waals surface area contributed by atoms with Crippen LogP contribution in [0.25, 0.3) is 0 Å². The molecule has 1 heterocycles. The van der Waals surface area contributed by atoms with Gasteiger partial charge in [-0.25, -0.2) is 15.0 Å². The average molecular weight is 290 g/mol. The van der Waals surface area contributed by atoms with Gasteiger partial charge in [-0.05, 0) is 33.3 Å². The predicted molar refractivity (Wildman–Crippen MR) is 87.5 cm³/mol. The largest absolute Gasteiger partial charge is 0.495 e. The van der Waals surface area contributed by atoms with Crippen molar-refractivity contribution in [2.75, 3.05) is 6.61 Å². The first-order chi connectivity index (χ1) is 10.0. The van der Waals surface area contributed by atoms with Gasteiger partial charge in [0.1, 0.15) is 6.34 Å². The second-order valence-corrected chi connectivity index (χ2v) is 5.01. The monoisotopic (exact) mass is 290 g/mol. The van der Waals surface area contributed by atoms with E-state index >= 15 is 0 Å². The molecule has 1 aromatic rings. The Hall–Kier alpha value is -1.73. The molecule has 1 aromatic heterocycles. The van der Waals surface area contributed by atoms with Crippen LogP contribution in [0.15, 0.2) is 28.3 Å². The van der Waals surface area contributed by atoms with Gasteiger partial charge in [0.2, 0.25) is 0 Å². The number of aromatic nitrogens is 1. The van der Waals surface area contributed by atoms with Crippen molar-refractivity contribution in [3.8, 4) is 0 Å². The molecule has 21 heavy (non-hydrogen) atoms. The second kappa shape index (κ2) is 8.54. The smallest absolute Gasteiger partial charge is 0.408 e. The molecule has 0 saturated carbocycles. The van der Waals surface area contributed by atoms with E-state index < -0.39 is 7.12 Å². The van der Waals surface area contributed by atoms with Crippen molar-refractivity contribution < 1.29 is 9.31 Å². The maximum absolute atomic E-state index is 6.01. The second-order valence-electron chi connectivity index (χ2n) is 5.01. The van der Waals surface area contributed by atoms with Crippen LogP contribution in [0, 0.1) is 0 Å². The Morgan fingerprint density at radius 2 is 2.14 bits per heavy atom. The Kier molecular flexibility index (Phi) is 7.04. The third-order valence-corrected chi connectivity index (χ3v) is 2.98. The Balaban J connectivity index is 2.84. The molecule has 0 atom stereocenters. The third-order valence-electron chi connectivity index (χ3n) is 2.98. The van der Waals surface area contributed by atoms with Gasteiger partial charge in [-0.3, -0.25) is 0 Å². The molecule has 0 spiro atoms. The van der Waals surface area contributed by atoms with Gasteiger partial charge in [0, 0.05) is 23.9 Å². The Bertz CT molecular complexity index is 474. The average Bonchev–Trinajstić information content (AvgIpc) is 2.48. The molecular weight excluding hydrogens is 267 g/mol. The van der Waals surface area contributed by atoms with E-state index in [0.717, 1.165) is 11.9 Å². The van der Waals surface area contributed by atoms with Crippen LogP contribution < -0.4 is 11.2 Å². The van der Waals surface area contributed by atoms with Crippen LogP contribution in [-0.4, -0.2) is 37.0 Å². The summed E-state index contributed by atoms with van der Waals surface area (Å²) in [5.41, 5.74) is 5.73. The molecule has 0 radical (unpaired) electrons. The zero-order valence-electron chi connectivity index (χ0n) is 13.1. The Morgan fingerprint density at radius 1 is 1.38 bits per heavy atom. The van der Waals surface area contributed by atoms with Gasteiger partial charge < -0.3 is 15.0 Å². The van der Waals surface area contributed by atoms with E-state index in [1.807, 2.05) is 26.8 Å². The molecule has 0 unspecified atom stereocenters. The lowest BCUT2D eigenvalue weighted by molar-refractivity contribution is 0.0706. The van der Waals surface area contributed by atoms with E-state index in [-0.39, 0.29) is 5.60 Å². The van der Waals surface area contributed by atoms with Gasteiger partial charge >= 0.3 is 7.12 Å². The summed E-state index contributed by atoms with van der Waals surface area (Å²) in [7, 11) is -0.433. The highest BCUT2D eigenvalue weighted by Crippen LogP contribution is 2.15. The third kappa shape index (κ3) is 6.05. The molecule has 0 aliphatic rings. The lowest BCUT2D eigenvalue weighted by atomic mass is 9.78. The van der Waals surface area contributed by atoms with Crippen LogP contribution >= 0.6 is 0 Å². The van der Waals surface area contributed by atoms with E-state index in [9.17, 15) is 0 Å². The molecule has 0 fully saturated rings. The number of nitrogens with two attached hydrogens (primary N) is 1. The lowest BCUT2D eigenvalue weighted by Gasteiger charge is -2.27. The van der Waals surface area contributed by atoms with Gasteiger partial charge in [-0.1, -0.05) is 13.0 Å². The van der Waals surface area contributed by atoms with Crippen LogP contribution in [0.4, 0.5) is 5.82 Å². The van der Waals surface area contributed by atoms with Gasteiger partial charge in [0.25, 0.3) is 0 Å². The highest BCUT2D eigenvalue weighted by atomic mass is 16.6. The van der Waals surface area contributed by atoms with E-state index in [4.69, 9.17) is 15.0 Å². The Morgan fingerprint density at radius 3 is 2.67 bits per heavy atom. The van der Waals surface area contributed by atoms with Crippen molar-refractivity contribution >= 4 is 31.1 Å². The van der Waals surface area contributed by atoms with Gasteiger partial charge in [-0.15, -0.1) is 0 Å². The predicted octanol–water partition coefficient (Wildman–Crippen LogP) is 1.67. The summed E-state index contributed by atoms with van der Waals surface area (Å²) < 4.78 is 11.7.